The second-order valence-electron chi connectivity index (χ2n) is 4.13. The van der Waals surface area contributed by atoms with E-state index in [1.54, 1.807) is 12.4 Å². The van der Waals surface area contributed by atoms with Crippen molar-refractivity contribution >= 4 is 21.8 Å². The second kappa shape index (κ2) is 5.60. The van der Waals surface area contributed by atoms with Gasteiger partial charge in [0, 0.05) is 36.0 Å². The second-order valence-corrected chi connectivity index (χ2v) is 5.05. The van der Waals surface area contributed by atoms with Gasteiger partial charge < -0.3 is 10.2 Å². The number of rotatable bonds is 3. The SMILES string of the molecule is CCN(C(=O)c1cncc(Br)c1)C1CCNC1. The molecule has 1 fully saturated rings. The van der Waals surface area contributed by atoms with Gasteiger partial charge in [0.1, 0.15) is 0 Å². The zero-order chi connectivity index (χ0) is 12.3. The summed E-state index contributed by atoms with van der Waals surface area (Å²) in [6.07, 6.45) is 4.34. The molecule has 1 saturated heterocycles. The molecule has 1 aromatic heterocycles. The fourth-order valence-electron chi connectivity index (χ4n) is 2.17. The molecular formula is C12H16BrN3O. The number of nitrogens with zero attached hydrogens (tertiary/aromatic N) is 2. The Morgan fingerprint density at radius 3 is 3.06 bits per heavy atom. The van der Waals surface area contributed by atoms with Crippen LogP contribution in [0.15, 0.2) is 22.9 Å². The first kappa shape index (κ1) is 12.5. The van der Waals surface area contributed by atoms with Crippen LogP contribution in [0.5, 0.6) is 0 Å². The summed E-state index contributed by atoms with van der Waals surface area (Å²) in [5.74, 6) is 0.0648. The molecule has 2 heterocycles. The first-order valence-electron chi connectivity index (χ1n) is 5.84. The van der Waals surface area contributed by atoms with Crippen LogP contribution in [0.1, 0.15) is 23.7 Å². The van der Waals surface area contributed by atoms with Crippen LogP contribution in [0.25, 0.3) is 0 Å². The van der Waals surface area contributed by atoms with Gasteiger partial charge in [-0.05, 0) is 41.9 Å². The first-order chi connectivity index (χ1) is 8.22. The fourth-order valence-corrected chi connectivity index (χ4v) is 2.53. The molecule has 17 heavy (non-hydrogen) atoms. The van der Waals surface area contributed by atoms with E-state index in [1.807, 2.05) is 17.9 Å². The third-order valence-electron chi connectivity index (χ3n) is 3.03. The normalized spacial score (nSPS) is 19.3. The summed E-state index contributed by atoms with van der Waals surface area (Å²) < 4.78 is 0.837. The Kier molecular flexibility index (Phi) is 4.12. The van der Waals surface area contributed by atoms with E-state index in [2.05, 4.69) is 26.2 Å². The van der Waals surface area contributed by atoms with Gasteiger partial charge >= 0.3 is 0 Å². The summed E-state index contributed by atoms with van der Waals surface area (Å²) in [5.41, 5.74) is 0.646. The van der Waals surface area contributed by atoms with Crippen molar-refractivity contribution in [2.45, 2.75) is 19.4 Å². The van der Waals surface area contributed by atoms with Gasteiger partial charge in [-0.3, -0.25) is 9.78 Å². The number of hydrogen-bond donors (Lipinski definition) is 1. The van der Waals surface area contributed by atoms with Crippen LogP contribution in [0.2, 0.25) is 0 Å². The molecule has 1 aromatic rings. The van der Waals surface area contributed by atoms with E-state index in [0.29, 0.717) is 11.6 Å². The van der Waals surface area contributed by atoms with Crippen LogP contribution in [0.3, 0.4) is 0 Å². The van der Waals surface area contributed by atoms with Crippen molar-refractivity contribution in [2.24, 2.45) is 0 Å². The Bertz CT molecular complexity index is 404. The number of carbonyl (C=O) groups excluding carboxylic acids is 1. The molecule has 0 aliphatic carbocycles. The molecule has 0 aromatic carbocycles. The van der Waals surface area contributed by atoms with Gasteiger partial charge in [0.05, 0.1) is 5.56 Å². The lowest BCUT2D eigenvalue weighted by Crippen LogP contribution is -2.41. The molecule has 2 rings (SSSR count). The Balaban J connectivity index is 2.16. The summed E-state index contributed by atoms with van der Waals surface area (Å²) in [7, 11) is 0. The molecule has 0 spiro atoms. The van der Waals surface area contributed by atoms with Gasteiger partial charge in [0.15, 0.2) is 0 Å². The number of likely N-dealkylation sites (N-methyl/N-ethyl adjacent to an activating group) is 1. The van der Waals surface area contributed by atoms with Gasteiger partial charge in [-0.2, -0.15) is 0 Å². The molecular weight excluding hydrogens is 282 g/mol. The molecule has 5 heteroatoms. The quantitative estimate of drug-likeness (QED) is 0.923. The Morgan fingerprint density at radius 1 is 1.65 bits per heavy atom. The molecule has 0 bridgehead atoms. The van der Waals surface area contributed by atoms with E-state index in [4.69, 9.17) is 0 Å². The number of halogens is 1. The predicted molar refractivity (Wildman–Crippen MR) is 69.9 cm³/mol. The van der Waals surface area contributed by atoms with Crippen LogP contribution in [0, 0.1) is 0 Å². The van der Waals surface area contributed by atoms with Crippen molar-refractivity contribution in [3.8, 4) is 0 Å². The standard InChI is InChI=1S/C12H16BrN3O/c1-2-16(11-3-4-14-8-11)12(17)9-5-10(13)7-15-6-9/h5-7,11,14H,2-4,8H2,1H3. The highest BCUT2D eigenvalue weighted by Gasteiger charge is 2.26. The van der Waals surface area contributed by atoms with Crippen molar-refractivity contribution in [3.63, 3.8) is 0 Å². The summed E-state index contributed by atoms with van der Waals surface area (Å²) in [6.45, 7) is 4.63. The highest BCUT2D eigenvalue weighted by atomic mass is 79.9. The molecule has 0 saturated carbocycles. The monoisotopic (exact) mass is 297 g/mol. The zero-order valence-corrected chi connectivity index (χ0v) is 11.4. The average Bonchev–Trinajstić information content (AvgIpc) is 2.83. The number of pyridine rings is 1. The van der Waals surface area contributed by atoms with Crippen molar-refractivity contribution in [3.05, 3.63) is 28.5 Å². The van der Waals surface area contributed by atoms with Crippen LogP contribution < -0.4 is 5.32 Å². The van der Waals surface area contributed by atoms with Gasteiger partial charge in [-0.25, -0.2) is 0 Å². The molecule has 1 aliphatic heterocycles. The first-order valence-corrected chi connectivity index (χ1v) is 6.64. The maximum Gasteiger partial charge on any atom is 0.255 e. The third kappa shape index (κ3) is 2.84. The Hall–Kier alpha value is -0.940. The topological polar surface area (TPSA) is 45.2 Å². The fraction of sp³-hybridized carbons (Fsp3) is 0.500. The number of carbonyl (C=O) groups is 1. The Morgan fingerprint density at radius 2 is 2.47 bits per heavy atom. The minimum atomic E-state index is 0.0648. The van der Waals surface area contributed by atoms with E-state index < -0.39 is 0 Å². The number of hydrogen-bond acceptors (Lipinski definition) is 3. The minimum absolute atomic E-state index is 0.0648. The predicted octanol–water partition coefficient (Wildman–Crippen LogP) is 1.67. The average molecular weight is 298 g/mol. The number of aromatic nitrogens is 1. The molecule has 92 valence electrons. The molecule has 1 unspecified atom stereocenters. The van der Waals surface area contributed by atoms with Gasteiger partial charge in [-0.15, -0.1) is 0 Å². The lowest BCUT2D eigenvalue weighted by atomic mass is 10.1. The summed E-state index contributed by atoms with van der Waals surface area (Å²) in [5, 5.41) is 3.29. The summed E-state index contributed by atoms with van der Waals surface area (Å²) in [4.78, 5) is 18.3. The molecule has 1 aliphatic rings. The van der Waals surface area contributed by atoms with Gasteiger partial charge in [-0.1, -0.05) is 0 Å². The van der Waals surface area contributed by atoms with Crippen molar-refractivity contribution in [1.82, 2.24) is 15.2 Å². The van der Waals surface area contributed by atoms with Crippen molar-refractivity contribution < 1.29 is 4.79 Å². The molecule has 1 atom stereocenters. The van der Waals surface area contributed by atoms with Crippen LogP contribution >= 0.6 is 15.9 Å². The van der Waals surface area contributed by atoms with E-state index in [1.165, 1.54) is 0 Å². The minimum Gasteiger partial charge on any atom is -0.335 e. The number of amides is 1. The summed E-state index contributed by atoms with van der Waals surface area (Å²) >= 11 is 3.34. The molecule has 4 nitrogen and oxygen atoms in total. The van der Waals surface area contributed by atoms with E-state index in [-0.39, 0.29) is 5.91 Å². The van der Waals surface area contributed by atoms with E-state index >= 15 is 0 Å². The van der Waals surface area contributed by atoms with E-state index in [9.17, 15) is 4.79 Å². The molecule has 1 N–H and O–H groups in total. The lowest BCUT2D eigenvalue weighted by molar-refractivity contribution is 0.0703. The summed E-state index contributed by atoms with van der Waals surface area (Å²) in [6, 6.07) is 2.13. The largest absolute Gasteiger partial charge is 0.335 e. The molecule has 1 amide bonds. The van der Waals surface area contributed by atoms with Crippen LogP contribution in [-0.4, -0.2) is 41.5 Å². The zero-order valence-electron chi connectivity index (χ0n) is 9.82. The van der Waals surface area contributed by atoms with Gasteiger partial charge in [0.2, 0.25) is 0 Å². The third-order valence-corrected chi connectivity index (χ3v) is 3.46. The number of nitrogens with one attached hydrogen (secondary N) is 1. The molecule has 0 radical (unpaired) electrons. The van der Waals surface area contributed by atoms with Crippen molar-refractivity contribution in [2.75, 3.05) is 19.6 Å². The Labute approximate surface area is 110 Å². The van der Waals surface area contributed by atoms with E-state index in [0.717, 1.165) is 30.5 Å². The van der Waals surface area contributed by atoms with Gasteiger partial charge in [0.25, 0.3) is 5.91 Å². The highest BCUT2D eigenvalue weighted by molar-refractivity contribution is 9.10. The van der Waals surface area contributed by atoms with Crippen molar-refractivity contribution in [1.29, 1.82) is 0 Å². The highest BCUT2D eigenvalue weighted by Crippen LogP contribution is 2.15. The van der Waals surface area contributed by atoms with Crippen LogP contribution in [0.4, 0.5) is 0 Å². The smallest absolute Gasteiger partial charge is 0.255 e. The maximum atomic E-state index is 12.4. The lowest BCUT2D eigenvalue weighted by Gasteiger charge is -2.27. The van der Waals surface area contributed by atoms with Crippen LogP contribution in [-0.2, 0) is 0 Å². The maximum absolute atomic E-state index is 12.4.